The van der Waals surface area contributed by atoms with Crippen LogP contribution >= 0.6 is 0 Å². The molecule has 0 saturated carbocycles. The summed E-state index contributed by atoms with van der Waals surface area (Å²) in [5.74, 6) is 0.597. The van der Waals surface area contributed by atoms with Crippen LogP contribution in [0.2, 0.25) is 0 Å². The van der Waals surface area contributed by atoms with Gasteiger partial charge >= 0.3 is 0 Å². The van der Waals surface area contributed by atoms with E-state index in [0.717, 1.165) is 16.9 Å². The lowest BCUT2D eigenvalue weighted by atomic mass is 10.1. The van der Waals surface area contributed by atoms with E-state index >= 15 is 0 Å². The second-order valence-electron chi connectivity index (χ2n) is 4.84. The topological polar surface area (TPSA) is 41.6 Å². The lowest BCUT2D eigenvalue weighted by molar-refractivity contribution is 0.0993. The normalized spacial score (nSPS) is 10.1. The van der Waals surface area contributed by atoms with Crippen LogP contribution < -0.4 is 15.0 Å². The molecule has 0 spiro atoms. The zero-order valence-corrected chi connectivity index (χ0v) is 12.8. The third-order valence-corrected chi connectivity index (χ3v) is 3.43. The van der Waals surface area contributed by atoms with E-state index in [0.29, 0.717) is 11.3 Å². The van der Waals surface area contributed by atoms with E-state index in [1.165, 1.54) is 0 Å². The first-order chi connectivity index (χ1) is 10.1. The number of hydrogen-bond acceptors (Lipinski definition) is 3. The molecule has 2 aromatic carbocycles. The van der Waals surface area contributed by atoms with Crippen LogP contribution in [0.3, 0.4) is 0 Å². The fourth-order valence-corrected chi connectivity index (χ4v) is 2.25. The van der Waals surface area contributed by atoms with Crippen molar-refractivity contribution in [2.24, 2.45) is 0 Å². The van der Waals surface area contributed by atoms with Crippen molar-refractivity contribution in [2.45, 2.75) is 6.92 Å². The number of rotatable bonds is 4. The number of hydrogen-bond donors (Lipinski definition) is 1. The van der Waals surface area contributed by atoms with Gasteiger partial charge in [-0.05, 0) is 31.2 Å². The molecule has 2 aromatic rings. The number of ether oxygens (including phenoxy) is 1. The van der Waals surface area contributed by atoms with Gasteiger partial charge in [-0.3, -0.25) is 4.79 Å². The number of aryl methyl sites for hydroxylation is 1. The monoisotopic (exact) mass is 284 g/mol. The van der Waals surface area contributed by atoms with E-state index in [4.69, 9.17) is 4.74 Å². The average Bonchev–Trinajstić information content (AvgIpc) is 2.53. The fourth-order valence-electron chi connectivity index (χ4n) is 2.25. The van der Waals surface area contributed by atoms with Crippen molar-refractivity contribution in [3.63, 3.8) is 0 Å². The highest BCUT2D eigenvalue weighted by Crippen LogP contribution is 2.29. The maximum atomic E-state index is 12.8. The molecular weight excluding hydrogens is 264 g/mol. The van der Waals surface area contributed by atoms with Crippen molar-refractivity contribution < 1.29 is 9.53 Å². The lowest BCUT2D eigenvalue weighted by Gasteiger charge is -2.21. The molecule has 4 heteroatoms. The van der Waals surface area contributed by atoms with E-state index in [1.807, 2.05) is 56.4 Å². The Bertz CT molecular complexity index is 653. The second kappa shape index (κ2) is 6.31. The molecule has 0 aliphatic heterocycles. The highest BCUT2D eigenvalue weighted by Gasteiger charge is 2.19. The number of nitrogens with one attached hydrogen (secondary N) is 1. The molecule has 0 bridgehead atoms. The number of methoxy groups -OCH3 is 1. The Morgan fingerprint density at radius 1 is 1.19 bits per heavy atom. The van der Waals surface area contributed by atoms with Crippen LogP contribution in [0.5, 0.6) is 5.75 Å². The van der Waals surface area contributed by atoms with Gasteiger partial charge in [-0.1, -0.05) is 23.8 Å². The third kappa shape index (κ3) is 2.99. The standard InChI is InChI=1S/C17H20N2O2/c1-12-9-10-14(18-2)13(11-12)17(20)19(3)15-7-5-6-8-16(15)21-4/h5-11,18H,1-4H3. The summed E-state index contributed by atoms with van der Waals surface area (Å²) in [6.07, 6.45) is 0. The molecule has 0 radical (unpaired) electrons. The van der Waals surface area contributed by atoms with E-state index < -0.39 is 0 Å². The van der Waals surface area contributed by atoms with Crippen molar-refractivity contribution in [3.05, 3.63) is 53.6 Å². The summed E-state index contributed by atoms with van der Waals surface area (Å²) in [6, 6.07) is 13.3. The van der Waals surface area contributed by atoms with Gasteiger partial charge in [-0.2, -0.15) is 0 Å². The van der Waals surface area contributed by atoms with Crippen LogP contribution in [-0.4, -0.2) is 27.1 Å². The van der Waals surface area contributed by atoms with Crippen molar-refractivity contribution in [3.8, 4) is 5.75 Å². The van der Waals surface area contributed by atoms with Crippen LogP contribution in [0, 0.1) is 6.92 Å². The van der Waals surface area contributed by atoms with Crippen LogP contribution in [0.4, 0.5) is 11.4 Å². The first kappa shape index (κ1) is 14.9. The minimum absolute atomic E-state index is 0.0763. The lowest BCUT2D eigenvalue weighted by Crippen LogP contribution is -2.27. The zero-order chi connectivity index (χ0) is 15.4. The van der Waals surface area contributed by atoms with Gasteiger partial charge in [0.05, 0.1) is 18.4 Å². The van der Waals surface area contributed by atoms with Gasteiger partial charge in [0, 0.05) is 19.8 Å². The van der Waals surface area contributed by atoms with Gasteiger partial charge in [0.1, 0.15) is 5.75 Å². The molecule has 21 heavy (non-hydrogen) atoms. The van der Waals surface area contributed by atoms with Gasteiger partial charge in [0.25, 0.3) is 5.91 Å². The van der Waals surface area contributed by atoms with Gasteiger partial charge in [0.15, 0.2) is 0 Å². The molecule has 0 aliphatic rings. The first-order valence-corrected chi connectivity index (χ1v) is 6.78. The van der Waals surface area contributed by atoms with Gasteiger partial charge in [-0.25, -0.2) is 0 Å². The van der Waals surface area contributed by atoms with Crippen molar-refractivity contribution >= 4 is 17.3 Å². The number of benzene rings is 2. The molecule has 110 valence electrons. The highest BCUT2D eigenvalue weighted by molar-refractivity contribution is 6.10. The molecule has 0 fully saturated rings. The number of amides is 1. The summed E-state index contributed by atoms with van der Waals surface area (Å²) in [5.41, 5.74) is 3.25. The molecule has 0 aromatic heterocycles. The van der Waals surface area contributed by atoms with E-state index in [1.54, 1.807) is 19.1 Å². The molecule has 0 aliphatic carbocycles. The Hall–Kier alpha value is -2.49. The van der Waals surface area contributed by atoms with Gasteiger partial charge < -0.3 is 15.0 Å². The van der Waals surface area contributed by atoms with Crippen LogP contribution in [0.1, 0.15) is 15.9 Å². The van der Waals surface area contributed by atoms with E-state index in [2.05, 4.69) is 5.32 Å². The molecular formula is C17H20N2O2. The van der Waals surface area contributed by atoms with Crippen LogP contribution in [0.25, 0.3) is 0 Å². The molecule has 0 atom stereocenters. The molecule has 0 unspecified atom stereocenters. The molecule has 4 nitrogen and oxygen atoms in total. The number of anilines is 2. The molecule has 0 heterocycles. The minimum Gasteiger partial charge on any atom is -0.495 e. The molecule has 1 amide bonds. The number of nitrogens with zero attached hydrogens (tertiary/aromatic N) is 1. The SMILES string of the molecule is CNc1ccc(C)cc1C(=O)N(C)c1ccccc1OC. The Morgan fingerprint density at radius 2 is 1.90 bits per heavy atom. The summed E-state index contributed by atoms with van der Waals surface area (Å²) in [6.45, 7) is 1.97. The van der Waals surface area contributed by atoms with Gasteiger partial charge in [-0.15, -0.1) is 0 Å². The first-order valence-electron chi connectivity index (χ1n) is 6.78. The molecule has 0 saturated heterocycles. The number of carbonyl (C=O) groups excluding carboxylic acids is 1. The Labute approximate surface area is 125 Å². The molecule has 2 rings (SSSR count). The number of para-hydroxylation sites is 2. The average molecular weight is 284 g/mol. The van der Waals surface area contributed by atoms with E-state index in [-0.39, 0.29) is 5.91 Å². The highest BCUT2D eigenvalue weighted by atomic mass is 16.5. The largest absolute Gasteiger partial charge is 0.495 e. The Morgan fingerprint density at radius 3 is 2.57 bits per heavy atom. The minimum atomic E-state index is -0.0763. The Kier molecular flexibility index (Phi) is 4.48. The summed E-state index contributed by atoms with van der Waals surface area (Å²) >= 11 is 0. The maximum Gasteiger partial charge on any atom is 0.260 e. The predicted octanol–water partition coefficient (Wildman–Crippen LogP) is 3.32. The van der Waals surface area contributed by atoms with Crippen molar-refractivity contribution in [2.75, 3.05) is 31.4 Å². The van der Waals surface area contributed by atoms with Crippen LogP contribution in [0.15, 0.2) is 42.5 Å². The Balaban J connectivity index is 2.42. The predicted molar refractivity (Wildman–Crippen MR) is 86.5 cm³/mol. The molecule has 1 N–H and O–H groups in total. The smallest absolute Gasteiger partial charge is 0.260 e. The summed E-state index contributed by atoms with van der Waals surface area (Å²) in [5, 5.41) is 3.06. The van der Waals surface area contributed by atoms with E-state index in [9.17, 15) is 4.79 Å². The maximum absolute atomic E-state index is 12.8. The summed E-state index contributed by atoms with van der Waals surface area (Å²) < 4.78 is 5.32. The van der Waals surface area contributed by atoms with Crippen LogP contribution in [-0.2, 0) is 0 Å². The second-order valence-corrected chi connectivity index (χ2v) is 4.84. The fraction of sp³-hybridized carbons (Fsp3) is 0.235. The number of carbonyl (C=O) groups is 1. The van der Waals surface area contributed by atoms with Crippen molar-refractivity contribution in [1.29, 1.82) is 0 Å². The van der Waals surface area contributed by atoms with Gasteiger partial charge in [0.2, 0.25) is 0 Å². The quantitative estimate of drug-likeness (QED) is 0.936. The zero-order valence-electron chi connectivity index (χ0n) is 12.8. The summed E-state index contributed by atoms with van der Waals surface area (Å²) in [7, 11) is 5.16. The van der Waals surface area contributed by atoms with Crippen molar-refractivity contribution in [1.82, 2.24) is 0 Å². The third-order valence-electron chi connectivity index (χ3n) is 3.43. The summed E-state index contributed by atoms with van der Waals surface area (Å²) in [4.78, 5) is 14.4.